The van der Waals surface area contributed by atoms with Crippen LogP contribution in [0.2, 0.25) is 0 Å². The first-order chi connectivity index (χ1) is 7.38. The highest BCUT2D eigenvalue weighted by molar-refractivity contribution is 5.84. The number of rotatable bonds is 6. The van der Waals surface area contributed by atoms with E-state index in [0.29, 0.717) is 0 Å². The molecule has 0 saturated heterocycles. The number of amides is 1. The molecule has 0 fully saturated rings. The molecule has 16 heavy (non-hydrogen) atoms. The van der Waals surface area contributed by atoms with Gasteiger partial charge in [-0.25, -0.2) is 4.79 Å². The predicted molar refractivity (Wildman–Crippen MR) is 59.7 cm³/mol. The summed E-state index contributed by atoms with van der Waals surface area (Å²) >= 11 is 0. The van der Waals surface area contributed by atoms with Gasteiger partial charge in [0.15, 0.2) is 0 Å². The van der Waals surface area contributed by atoms with Gasteiger partial charge in [-0.3, -0.25) is 4.79 Å². The van der Waals surface area contributed by atoms with Crippen molar-refractivity contribution in [2.24, 2.45) is 5.92 Å². The van der Waals surface area contributed by atoms with Gasteiger partial charge in [0, 0.05) is 0 Å². The zero-order valence-corrected chi connectivity index (χ0v) is 10.3. The molecular weight excluding hydrogens is 210 g/mol. The fourth-order valence-electron chi connectivity index (χ4n) is 1.23. The van der Waals surface area contributed by atoms with Gasteiger partial charge >= 0.3 is 5.97 Å². The molecule has 5 nitrogen and oxygen atoms in total. The Balaban J connectivity index is 4.34. The lowest BCUT2D eigenvalue weighted by atomic mass is 10.0. The molecule has 0 aromatic heterocycles. The Morgan fingerprint density at radius 2 is 1.88 bits per heavy atom. The van der Waals surface area contributed by atoms with Crippen LogP contribution in [0.5, 0.6) is 0 Å². The average Bonchev–Trinajstić information content (AvgIpc) is 2.12. The first-order valence-electron chi connectivity index (χ1n) is 5.52. The van der Waals surface area contributed by atoms with Crippen LogP contribution in [-0.4, -0.2) is 35.7 Å². The molecule has 0 spiro atoms. The predicted octanol–water partition coefficient (Wildman–Crippen LogP) is 0.461. The quantitative estimate of drug-likeness (QED) is 0.651. The molecule has 0 aromatic carbocycles. The van der Waals surface area contributed by atoms with E-state index in [4.69, 9.17) is 9.84 Å². The zero-order chi connectivity index (χ0) is 12.7. The second-order valence-electron chi connectivity index (χ2n) is 4.09. The third-order valence-corrected chi connectivity index (χ3v) is 2.00. The molecule has 0 bridgehead atoms. The van der Waals surface area contributed by atoms with Crippen molar-refractivity contribution < 1.29 is 19.4 Å². The molecule has 2 N–H and O–H groups in total. The van der Waals surface area contributed by atoms with Crippen molar-refractivity contribution in [2.45, 2.75) is 46.3 Å². The third-order valence-electron chi connectivity index (χ3n) is 2.00. The number of carbonyl (C=O) groups is 2. The van der Waals surface area contributed by atoms with Crippen molar-refractivity contribution in [3.8, 4) is 0 Å². The van der Waals surface area contributed by atoms with Gasteiger partial charge in [0.2, 0.25) is 5.91 Å². The van der Waals surface area contributed by atoms with Crippen LogP contribution in [0.15, 0.2) is 0 Å². The van der Waals surface area contributed by atoms with E-state index >= 15 is 0 Å². The molecule has 1 amide bonds. The Morgan fingerprint density at radius 3 is 2.25 bits per heavy atom. The van der Waals surface area contributed by atoms with E-state index in [2.05, 4.69) is 5.32 Å². The molecule has 94 valence electrons. The summed E-state index contributed by atoms with van der Waals surface area (Å²) in [6, 6.07) is -0.647. The topological polar surface area (TPSA) is 75.6 Å². The third kappa shape index (κ3) is 5.70. The molecule has 1 unspecified atom stereocenters. The number of aliphatic hydroxyl groups is 1. The molecule has 0 rings (SSSR count). The van der Waals surface area contributed by atoms with E-state index in [1.54, 1.807) is 6.92 Å². The maximum absolute atomic E-state index is 11.5. The van der Waals surface area contributed by atoms with E-state index in [1.165, 1.54) is 6.92 Å². The van der Waals surface area contributed by atoms with Gasteiger partial charge in [0.1, 0.15) is 6.04 Å². The van der Waals surface area contributed by atoms with Crippen molar-refractivity contribution in [3.63, 3.8) is 0 Å². The molecule has 0 saturated carbocycles. The van der Waals surface area contributed by atoms with Crippen LogP contribution < -0.4 is 5.32 Å². The summed E-state index contributed by atoms with van der Waals surface area (Å²) in [5.74, 6) is -0.824. The van der Waals surface area contributed by atoms with Crippen LogP contribution in [0.3, 0.4) is 0 Å². The second-order valence-corrected chi connectivity index (χ2v) is 4.09. The number of hydrogen-bond donors (Lipinski definition) is 2. The van der Waals surface area contributed by atoms with Crippen molar-refractivity contribution in [3.05, 3.63) is 0 Å². The largest absolute Gasteiger partial charge is 0.464 e. The monoisotopic (exact) mass is 231 g/mol. The lowest BCUT2D eigenvalue weighted by Gasteiger charge is -2.20. The van der Waals surface area contributed by atoms with E-state index in [-0.39, 0.29) is 24.9 Å². The van der Waals surface area contributed by atoms with Crippen molar-refractivity contribution in [1.82, 2.24) is 5.32 Å². The van der Waals surface area contributed by atoms with Gasteiger partial charge in [0.05, 0.1) is 19.1 Å². The summed E-state index contributed by atoms with van der Waals surface area (Å²) in [6.07, 6.45) is -0.724. The minimum absolute atomic E-state index is 0.0113. The standard InChI is InChI=1S/C11H21NO4/c1-5-16-11(15)10(7(2)3)12-9(14)6-8(4)13/h7-8,10,13H,5-6H2,1-4H3,(H,12,14)/t8?,10-/m1/s1. The molecule has 0 aliphatic rings. The van der Waals surface area contributed by atoms with Crippen LogP contribution in [0.4, 0.5) is 0 Å². The number of carbonyl (C=O) groups excluding carboxylic acids is 2. The summed E-state index contributed by atoms with van der Waals surface area (Å²) in [6.45, 7) is 7.17. The van der Waals surface area contributed by atoms with Crippen LogP contribution in [0.1, 0.15) is 34.1 Å². The summed E-state index contributed by atoms with van der Waals surface area (Å²) in [5.41, 5.74) is 0. The van der Waals surface area contributed by atoms with E-state index < -0.39 is 18.1 Å². The first-order valence-corrected chi connectivity index (χ1v) is 5.52. The summed E-state index contributed by atoms with van der Waals surface area (Å²) in [4.78, 5) is 22.9. The van der Waals surface area contributed by atoms with E-state index in [9.17, 15) is 9.59 Å². The van der Waals surface area contributed by atoms with Crippen molar-refractivity contribution in [1.29, 1.82) is 0 Å². The zero-order valence-electron chi connectivity index (χ0n) is 10.3. The molecule has 5 heteroatoms. The summed E-state index contributed by atoms with van der Waals surface area (Å²) in [7, 11) is 0. The Bertz CT molecular complexity index is 238. The smallest absolute Gasteiger partial charge is 0.328 e. The van der Waals surface area contributed by atoms with Crippen LogP contribution in [-0.2, 0) is 14.3 Å². The van der Waals surface area contributed by atoms with Gasteiger partial charge in [-0.15, -0.1) is 0 Å². The van der Waals surface area contributed by atoms with Gasteiger partial charge < -0.3 is 15.2 Å². The van der Waals surface area contributed by atoms with E-state index in [1.807, 2.05) is 13.8 Å². The van der Waals surface area contributed by atoms with Gasteiger partial charge in [-0.2, -0.15) is 0 Å². The fraction of sp³-hybridized carbons (Fsp3) is 0.818. The maximum atomic E-state index is 11.5. The highest BCUT2D eigenvalue weighted by Gasteiger charge is 2.25. The molecule has 0 heterocycles. The maximum Gasteiger partial charge on any atom is 0.328 e. The molecule has 0 radical (unpaired) electrons. The van der Waals surface area contributed by atoms with Gasteiger partial charge in [0.25, 0.3) is 0 Å². The first kappa shape index (κ1) is 14.9. The van der Waals surface area contributed by atoms with Crippen LogP contribution >= 0.6 is 0 Å². The minimum atomic E-state index is -0.713. The van der Waals surface area contributed by atoms with Crippen LogP contribution in [0, 0.1) is 5.92 Å². The average molecular weight is 231 g/mol. The summed E-state index contributed by atoms with van der Waals surface area (Å²) in [5, 5.41) is 11.6. The Morgan fingerprint density at radius 1 is 1.31 bits per heavy atom. The lowest BCUT2D eigenvalue weighted by Crippen LogP contribution is -2.45. The number of ether oxygens (including phenoxy) is 1. The van der Waals surface area contributed by atoms with Crippen molar-refractivity contribution in [2.75, 3.05) is 6.61 Å². The fourth-order valence-corrected chi connectivity index (χ4v) is 1.23. The number of nitrogens with one attached hydrogen (secondary N) is 1. The van der Waals surface area contributed by atoms with Crippen LogP contribution in [0.25, 0.3) is 0 Å². The number of hydrogen-bond acceptors (Lipinski definition) is 4. The molecule has 2 atom stereocenters. The molecule has 0 aliphatic heterocycles. The Labute approximate surface area is 96.2 Å². The summed E-state index contributed by atoms with van der Waals surface area (Å²) < 4.78 is 4.86. The van der Waals surface area contributed by atoms with Gasteiger partial charge in [-0.05, 0) is 19.8 Å². The lowest BCUT2D eigenvalue weighted by molar-refractivity contribution is -0.148. The second kappa shape index (κ2) is 7.22. The van der Waals surface area contributed by atoms with Crippen molar-refractivity contribution >= 4 is 11.9 Å². The number of esters is 1. The SMILES string of the molecule is CCOC(=O)[C@H](NC(=O)CC(C)O)C(C)C. The molecule has 0 aromatic rings. The van der Waals surface area contributed by atoms with E-state index in [0.717, 1.165) is 0 Å². The highest BCUT2D eigenvalue weighted by atomic mass is 16.5. The molecular formula is C11H21NO4. The normalized spacial score (nSPS) is 14.4. The number of aliphatic hydroxyl groups excluding tert-OH is 1. The Kier molecular flexibility index (Phi) is 6.72. The highest BCUT2D eigenvalue weighted by Crippen LogP contribution is 2.05. The minimum Gasteiger partial charge on any atom is -0.464 e. The van der Waals surface area contributed by atoms with Gasteiger partial charge in [-0.1, -0.05) is 13.8 Å². The Hall–Kier alpha value is -1.10. The molecule has 0 aliphatic carbocycles.